The zero-order valence-electron chi connectivity index (χ0n) is 18.2. The summed E-state index contributed by atoms with van der Waals surface area (Å²) in [4.78, 5) is 23.3. The molecule has 3 heterocycles. The molecular formula is C23H25BrN4O3S2. The normalized spacial score (nSPS) is 26.8. The molecule has 0 aromatic carbocycles. The van der Waals surface area contributed by atoms with Crippen LogP contribution in [0.2, 0.25) is 0 Å². The van der Waals surface area contributed by atoms with E-state index in [-0.39, 0.29) is 23.7 Å². The van der Waals surface area contributed by atoms with E-state index < -0.39 is 12.2 Å². The minimum atomic E-state index is -0.797. The van der Waals surface area contributed by atoms with Gasteiger partial charge in [0.15, 0.2) is 0 Å². The van der Waals surface area contributed by atoms with Gasteiger partial charge in [-0.2, -0.15) is 0 Å². The lowest BCUT2D eigenvalue weighted by atomic mass is 9.84. The molecule has 0 saturated heterocycles. The number of nitrogens with zero attached hydrogens (tertiary/aromatic N) is 3. The maximum Gasteiger partial charge on any atom is 0.223 e. The van der Waals surface area contributed by atoms with E-state index in [2.05, 4.69) is 43.4 Å². The molecule has 0 radical (unpaired) electrons. The van der Waals surface area contributed by atoms with E-state index in [1.807, 2.05) is 30.0 Å². The van der Waals surface area contributed by atoms with Gasteiger partial charge in [0, 0.05) is 28.9 Å². The lowest BCUT2D eigenvalue weighted by Gasteiger charge is -2.28. The van der Waals surface area contributed by atoms with Crippen LogP contribution in [0.4, 0.5) is 0 Å². The number of thiazole rings is 1. The Labute approximate surface area is 208 Å². The van der Waals surface area contributed by atoms with Crippen molar-refractivity contribution < 1.29 is 15.0 Å². The fraction of sp³-hybridized carbons (Fsp3) is 0.435. The predicted octanol–water partition coefficient (Wildman–Crippen LogP) is 3.59. The van der Waals surface area contributed by atoms with Crippen LogP contribution in [0.5, 0.6) is 0 Å². The fourth-order valence-corrected chi connectivity index (χ4v) is 7.19. The zero-order valence-corrected chi connectivity index (χ0v) is 21.5. The molecule has 1 amide bonds. The van der Waals surface area contributed by atoms with Crippen molar-refractivity contribution >= 4 is 56.2 Å². The lowest BCUT2D eigenvalue weighted by molar-refractivity contribution is -0.130. The third-order valence-electron chi connectivity index (χ3n) is 6.76. The Hall–Kier alpha value is -1.85. The van der Waals surface area contributed by atoms with Crippen molar-refractivity contribution in [3.05, 3.63) is 54.6 Å². The van der Waals surface area contributed by atoms with Gasteiger partial charge in [-0.25, -0.2) is 9.97 Å². The highest BCUT2D eigenvalue weighted by Gasteiger charge is 2.53. The van der Waals surface area contributed by atoms with Gasteiger partial charge < -0.3 is 20.1 Å². The van der Waals surface area contributed by atoms with Crippen LogP contribution in [-0.2, 0) is 18.4 Å². The Kier molecular flexibility index (Phi) is 6.30. The van der Waals surface area contributed by atoms with Crippen molar-refractivity contribution in [2.24, 2.45) is 24.8 Å². The summed E-state index contributed by atoms with van der Waals surface area (Å²) in [6, 6.07) is 4.08. The molecular weight excluding hydrogens is 524 g/mol. The first-order valence-electron chi connectivity index (χ1n) is 10.9. The van der Waals surface area contributed by atoms with Crippen molar-refractivity contribution in [1.29, 1.82) is 0 Å². The van der Waals surface area contributed by atoms with Gasteiger partial charge in [0.1, 0.15) is 10.8 Å². The summed E-state index contributed by atoms with van der Waals surface area (Å²) in [6.45, 7) is 2.33. The monoisotopic (exact) mass is 548 g/mol. The molecule has 5 rings (SSSR count). The van der Waals surface area contributed by atoms with Crippen molar-refractivity contribution in [2.75, 3.05) is 0 Å². The van der Waals surface area contributed by atoms with Gasteiger partial charge >= 0.3 is 0 Å². The molecule has 0 aliphatic heterocycles. The van der Waals surface area contributed by atoms with E-state index in [1.165, 1.54) is 0 Å². The first-order valence-corrected chi connectivity index (χ1v) is 13.3. The highest BCUT2D eigenvalue weighted by Crippen LogP contribution is 2.48. The van der Waals surface area contributed by atoms with Gasteiger partial charge in [0.2, 0.25) is 5.91 Å². The van der Waals surface area contributed by atoms with Crippen LogP contribution >= 0.6 is 38.6 Å². The van der Waals surface area contributed by atoms with Gasteiger partial charge in [-0.15, -0.1) is 22.7 Å². The zero-order chi connectivity index (χ0) is 23.3. The first-order chi connectivity index (χ1) is 15.8. The molecule has 2 bridgehead atoms. The minimum absolute atomic E-state index is 0.0239. The Morgan fingerprint density at radius 3 is 2.79 bits per heavy atom. The standard InChI is InChI=1S/C23H25BrN4O3S2/c1-11-10-32-23(27-11)17(7-14-3-4-18(24)33-14)21-25-8-13(28(21)2)9-26-22(31)16-6-12-5-15(16)20(30)19(12)29/h3-4,7-8,10,12,15-16,19-20,29-30H,5-6,9H2,1-2H3,(H,26,31)/b17-7-/t12-,15+,16-,19-,20+/m0/s1. The largest absolute Gasteiger partial charge is 0.390 e. The number of carbonyl (C=O) groups excluding carboxylic acids is 1. The molecule has 0 spiro atoms. The smallest absolute Gasteiger partial charge is 0.223 e. The second-order valence-corrected chi connectivity index (χ2v) is 12.2. The molecule has 33 heavy (non-hydrogen) atoms. The Balaban J connectivity index is 1.35. The molecule has 2 aliphatic rings. The maximum atomic E-state index is 12.8. The van der Waals surface area contributed by atoms with Gasteiger partial charge in [-0.3, -0.25) is 4.79 Å². The van der Waals surface area contributed by atoms with E-state index >= 15 is 0 Å². The topological polar surface area (TPSA) is 100 Å². The highest BCUT2D eigenvalue weighted by atomic mass is 79.9. The van der Waals surface area contributed by atoms with Gasteiger partial charge in [0.25, 0.3) is 0 Å². The van der Waals surface area contributed by atoms with E-state index in [0.717, 1.165) is 42.9 Å². The summed E-state index contributed by atoms with van der Waals surface area (Å²) in [5.74, 6) is 0.352. The van der Waals surface area contributed by atoms with Crippen LogP contribution in [0.3, 0.4) is 0 Å². The number of aromatic nitrogens is 3. The number of nitrogens with one attached hydrogen (secondary N) is 1. The number of aliphatic hydroxyl groups excluding tert-OH is 2. The van der Waals surface area contributed by atoms with E-state index in [4.69, 9.17) is 0 Å². The second kappa shape index (κ2) is 9.07. The number of imidazole rings is 1. The first kappa shape index (κ1) is 22.9. The number of hydrogen-bond donors (Lipinski definition) is 3. The van der Waals surface area contributed by atoms with E-state index in [1.54, 1.807) is 28.9 Å². The highest BCUT2D eigenvalue weighted by molar-refractivity contribution is 9.11. The third-order valence-corrected chi connectivity index (χ3v) is 9.32. The number of thiophene rings is 1. The van der Waals surface area contributed by atoms with Crippen molar-refractivity contribution in [1.82, 2.24) is 19.9 Å². The Morgan fingerprint density at radius 2 is 2.15 bits per heavy atom. The van der Waals surface area contributed by atoms with Crippen molar-refractivity contribution in [2.45, 2.75) is 38.5 Å². The van der Waals surface area contributed by atoms with Crippen LogP contribution in [-0.4, -0.2) is 42.9 Å². The molecule has 2 fully saturated rings. The molecule has 3 aromatic rings. The molecule has 174 valence electrons. The summed E-state index contributed by atoms with van der Waals surface area (Å²) in [6.07, 6.45) is 3.75. The predicted molar refractivity (Wildman–Crippen MR) is 133 cm³/mol. The minimum Gasteiger partial charge on any atom is -0.390 e. The fourth-order valence-electron chi connectivity index (χ4n) is 5.02. The summed E-state index contributed by atoms with van der Waals surface area (Å²) < 4.78 is 3.05. The van der Waals surface area contributed by atoms with E-state index in [0.29, 0.717) is 13.0 Å². The average Bonchev–Trinajstić information content (AvgIpc) is 3.59. The van der Waals surface area contributed by atoms with Crippen molar-refractivity contribution in [3.8, 4) is 0 Å². The Morgan fingerprint density at radius 1 is 1.33 bits per heavy atom. The average molecular weight is 550 g/mol. The number of rotatable bonds is 6. The SMILES string of the molecule is Cc1csc(/C(=C\c2ccc(Br)s2)c2ncc(CNC(=O)[C@H]3C[C@@H]4C[C@H]3[C@@H](O)[C@H]4O)n2C)n1. The van der Waals surface area contributed by atoms with Crippen LogP contribution in [0.1, 0.15) is 39.9 Å². The maximum absolute atomic E-state index is 12.8. The van der Waals surface area contributed by atoms with Crippen LogP contribution in [0, 0.1) is 24.7 Å². The number of aliphatic hydroxyl groups is 2. The van der Waals surface area contributed by atoms with Crippen LogP contribution in [0.25, 0.3) is 11.6 Å². The number of hydrogen-bond acceptors (Lipinski definition) is 7. The lowest BCUT2D eigenvalue weighted by Crippen LogP contribution is -2.43. The summed E-state index contributed by atoms with van der Waals surface area (Å²) in [7, 11) is 1.94. The number of carbonyl (C=O) groups is 1. The van der Waals surface area contributed by atoms with Crippen molar-refractivity contribution in [3.63, 3.8) is 0 Å². The Bertz CT molecular complexity index is 1210. The quantitative estimate of drug-likeness (QED) is 0.437. The van der Waals surface area contributed by atoms with Gasteiger partial charge in [-0.05, 0) is 65.7 Å². The number of fused-ring (bicyclic) bond motifs is 2. The summed E-state index contributed by atoms with van der Waals surface area (Å²) >= 11 is 6.75. The number of halogens is 1. The summed E-state index contributed by atoms with van der Waals surface area (Å²) in [5.41, 5.74) is 2.79. The number of amides is 1. The molecule has 5 atom stereocenters. The molecule has 3 N–H and O–H groups in total. The molecule has 7 nitrogen and oxygen atoms in total. The molecule has 3 aromatic heterocycles. The summed E-state index contributed by atoms with van der Waals surface area (Å²) in [5, 5.41) is 26.1. The molecule has 2 saturated carbocycles. The number of aryl methyl sites for hydroxylation is 1. The van der Waals surface area contributed by atoms with Crippen LogP contribution in [0.15, 0.2) is 27.5 Å². The third kappa shape index (κ3) is 4.35. The van der Waals surface area contributed by atoms with Gasteiger partial charge in [-0.1, -0.05) is 0 Å². The van der Waals surface area contributed by atoms with Gasteiger partial charge in [0.05, 0.1) is 40.0 Å². The molecule has 10 heteroatoms. The molecule has 0 unspecified atom stereocenters. The molecule has 2 aliphatic carbocycles. The van der Waals surface area contributed by atoms with Crippen LogP contribution < -0.4 is 5.32 Å². The second-order valence-electron chi connectivity index (χ2n) is 8.83. The van der Waals surface area contributed by atoms with E-state index in [9.17, 15) is 15.0 Å².